The van der Waals surface area contributed by atoms with Crippen LogP contribution in [-0.2, 0) is 24.3 Å². The van der Waals surface area contributed by atoms with Gasteiger partial charge in [0, 0.05) is 18.0 Å². The molecule has 0 unspecified atom stereocenters. The van der Waals surface area contributed by atoms with Crippen molar-refractivity contribution in [3.8, 4) is 0 Å². The number of amides is 2. The lowest BCUT2D eigenvalue weighted by Gasteiger charge is -2.08. The van der Waals surface area contributed by atoms with Crippen LogP contribution in [0.2, 0.25) is 0 Å². The van der Waals surface area contributed by atoms with Crippen molar-refractivity contribution in [2.75, 3.05) is 11.9 Å². The monoisotopic (exact) mass is 329 g/mol. The zero-order valence-electron chi connectivity index (χ0n) is 12.3. The van der Waals surface area contributed by atoms with Crippen LogP contribution in [0.5, 0.6) is 0 Å². The van der Waals surface area contributed by atoms with E-state index in [0.717, 1.165) is 39.5 Å². The fourth-order valence-electron chi connectivity index (χ4n) is 2.49. The third-order valence-electron chi connectivity index (χ3n) is 3.62. The van der Waals surface area contributed by atoms with Gasteiger partial charge in [0.1, 0.15) is 10.8 Å². The number of fused-ring (bicyclic) bond motifs is 2. The van der Waals surface area contributed by atoms with Gasteiger partial charge in [-0.05, 0) is 12.1 Å². The summed E-state index contributed by atoms with van der Waals surface area (Å²) in [6.45, 7) is 1.74. The third-order valence-corrected chi connectivity index (χ3v) is 4.69. The van der Waals surface area contributed by atoms with Crippen molar-refractivity contribution in [2.45, 2.75) is 19.6 Å². The van der Waals surface area contributed by atoms with E-state index in [1.807, 2.05) is 18.3 Å². The van der Waals surface area contributed by atoms with Crippen LogP contribution >= 0.6 is 11.3 Å². The first-order valence-corrected chi connectivity index (χ1v) is 8.13. The molecule has 3 aromatic heterocycles. The smallest absolute Gasteiger partial charge is 0.320 e. The lowest BCUT2D eigenvalue weighted by molar-refractivity contribution is 0.112. The zero-order chi connectivity index (χ0) is 15.6. The van der Waals surface area contributed by atoms with Gasteiger partial charge in [0.05, 0.1) is 42.0 Å². The number of H-pyrrole nitrogens is 1. The Morgan fingerprint density at radius 2 is 2.43 bits per heavy atom. The minimum atomic E-state index is -0.295. The normalized spacial score (nSPS) is 13.7. The maximum absolute atomic E-state index is 12.0. The minimum Gasteiger partial charge on any atom is -0.375 e. The van der Waals surface area contributed by atoms with Crippen LogP contribution < -0.4 is 10.6 Å². The van der Waals surface area contributed by atoms with Gasteiger partial charge in [-0.15, -0.1) is 11.3 Å². The van der Waals surface area contributed by atoms with Crippen molar-refractivity contribution in [1.29, 1.82) is 0 Å². The largest absolute Gasteiger partial charge is 0.375 e. The lowest BCUT2D eigenvalue weighted by atomic mass is 10.2. The molecule has 0 spiro atoms. The number of hydrogen-bond donors (Lipinski definition) is 3. The maximum atomic E-state index is 12.0. The standard InChI is InChI=1S/C15H15N5O2S/c21-15(20-13-5-9-1-3-16-11(9)6-17-13)18-7-14-19-10-2-4-22-8-12(10)23-14/h1,3,5-6,16H,2,4,7-8H2,(H2,17,18,20,21). The number of urea groups is 1. The van der Waals surface area contributed by atoms with E-state index in [0.29, 0.717) is 19.0 Å². The Morgan fingerprint density at radius 3 is 3.35 bits per heavy atom. The maximum Gasteiger partial charge on any atom is 0.320 e. The third kappa shape index (κ3) is 3.03. The Kier molecular flexibility index (Phi) is 3.68. The first kappa shape index (κ1) is 14.2. The van der Waals surface area contributed by atoms with Crippen LogP contribution in [0.15, 0.2) is 24.5 Å². The van der Waals surface area contributed by atoms with Crippen LogP contribution in [0.4, 0.5) is 10.6 Å². The number of rotatable bonds is 3. The molecule has 0 atom stereocenters. The molecule has 118 valence electrons. The predicted octanol–water partition coefficient (Wildman–Crippen LogP) is 2.41. The molecule has 2 amide bonds. The highest BCUT2D eigenvalue weighted by atomic mass is 32.1. The quantitative estimate of drug-likeness (QED) is 0.688. The number of anilines is 1. The highest BCUT2D eigenvalue weighted by Gasteiger charge is 2.15. The molecule has 4 rings (SSSR count). The second-order valence-electron chi connectivity index (χ2n) is 5.22. The summed E-state index contributed by atoms with van der Waals surface area (Å²) in [5.74, 6) is 0.515. The second-order valence-corrected chi connectivity index (χ2v) is 6.39. The second kappa shape index (κ2) is 5.98. The molecule has 0 saturated carbocycles. The topological polar surface area (TPSA) is 91.9 Å². The van der Waals surface area contributed by atoms with E-state index in [2.05, 4.69) is 25.6 Å². The molecule has 0 aromatic carbocycles. The van der Waals surface area contributed by atoms with E-state index in [-0.39, 0.29) is 6.03 Å². The average molecular weight is 329 g/mol. The molecule has 23 heavy (non-hydrogen) atoms. The number of thiazole rings is 1. The molecule has 0 fully saturated rings. The lowest BCUT2D eigenvalue weighted by Crippen LogP contribution is -2.28. The number of pyridine rings is 1. The fraction of sp³-hybridized carbons (Fsp3) is 0.267. The van der Waals surface area contributed by atoms with Gasteiger partial charge < -0.3 is 15.0 Å². The number of nitrogens with one attached hydrogen (secondary N) is 3. The van der Waals surface area contributed by atoms with Gasteiger partial charge in [-0.2, -0.15) is 0 Å². The van der Waals surface area contributed by atoms with E-state index in [1.165, 1.54) is 0 Å². The van der Waals surface area contributed by atoms with Crippen LogP contribution in [-0.4, -0.2) is 27.6 Å². The molecule has 0 saturated heterocycles. The van der Waals surface area contributed by atoms with E-state index in [9.17, 15) is 4.79 Å². The number of carbonyl (C=O) groups is 1. The predicted molar refractivity (Wildman–Crippen MR) is 87.4 cm³/mol. The summed E-state index contributed by atoms with van der Waals surface area (Å²) < 4.78 is 5.40. The Morgan fingerprint density at radius 1 is 1.48 bits per heavy atom. The minimum absolute atomic E-state index is 0.295. The van der Waals surface area contributed by atoms with Crippen LogP contribution in [0.3, 0.4) is 0 Å². The Labute approximate surface area is 136 Å². The number of nitrogens with zero attached hydrogens (tertiary/aromatic N) is 2. The molecule has 3 N–H and O–H groups in total. The van der Waals surface area contributed by atoms with Gasteiger partial charge in [-0.1, -0.05) is 0 Å². The van der Waals surface area contributed by atoms with Crippen molar-refractivity contribution in [3.63, 3.8) is 0 Å². The average Bonchev–Trinajstić information content (AvgIpc) is 3.18. The van der Waals surface area contributed by atoms with E-state index >= 15 is 0 Å². The first-order valence-electron chi connectivity index (χ1n) is 7.31. The highest BCUT2D eigenvalue weighted by molar-refractivity contribution is 7.11. The van der Waals surface area contributed by atoms with Gasteiger partial charge >= 0.3 is 6.03 Å². The van der Waals surface area contributed by atoms with Gasteiger partial charge in [0.15, 0.2) is 0 Å². The summed E-state index contributed by atoms with van der Waals surface area (Å²) in [5.41, 5.74) is 2.03. The summed E-state index contributed by atoms with van der Waals surface area (Å²) in [5, 5.41) is 7.44. The molecule has 8 heteroatoms. The molecule has 1 aliphatic heterocycles. The molecule has 0 radical (unpaired) electrons. The number of ether oxygens (including phenoxy) is 1. The molecule has 4 heterocycles. The van der Waals surface area contributed by atoms with Crippen molar-refractivity contribution >= 4 is 34.1 Å². The van der Waals surface area contributed by atoms with Gasteiger partial charge in [0.25, 0.3) is 0 Å². The molecule has 3 aromatic rings. The van der Waals surface area contributed by atoms with E-state index < -0.39 is 0 Å². The zero-order valence-corrected chi connectivity index (χ0v) is 13.1. The van der Waals surface area contributed by atoms with Crippen molar-refractivity contribution < 1.29 is 9.53 Å². The van der Waals surface area contributed by atoms with Gasteiger partial charge in [0.2, 0.25) is 0 Å². The Hall–Kier alpha value is -2.45. The summed E-state index contributed by atoms with van der Waals surface area (Å²) in [4.78, 5) is 24.9. The number of hydrogen-bond acceptors (Lipinski definition) is 5. The van der Waals surface area contributed by atoms with Crippen molar-refractivity contribution in [1.82, 2.24) is 20.3 Å². The van der Waals surface area contributed by atoms with Gasteiger partial charge in [-0.3, -0.25) is 5.32 Å². The molecular formula is C15H15N5O2S. The number of aromatic nitrogens is 3. The molecule has 0 bridgehead atoms. The van der Waals surface area contributed by atoms with Crippen LogP contribution in [0.1, 0.15) is 15.6 Å². The summed E-state index contributed by atoms with van der Waals surface area (Å²) in [6, 6.07) is 3.46. The number of carbonyl (C=O) groups excluding carboxylic acids is 1. The molecular weight excluding hydrogens is 314 g/mol. The first-order chi connectivity index (χ1) is 11.3. The van der Waals surface area contributed by atoms with Gasteiger partial charge in [-0.25, -0.2) is 14.8 Å². The van der Waals surface area contributed by atoms with E-state index in [4.69, 9.17) is 4.74 Å². The summed E-state index contributed by atoms with van der Waals surface area (Å²) >= 11 is 1.59. The summed E-state index contributed by atoms with van der Waals surface area (Å²) in [7, 11) is 0. The van der Waals surface area contributed by atoms with Crippen molar-refractivity contribution in [2.24, 2.45) is 0 Å². The SMILES string of the molecule is O=C(NCc1nc2c(s1)COCC2)Nc1cc2cc[nH]c2cn1. The Balaban J connectivity index is 1.37. The molecule has 0 aliphatic carbocycles. The fourth-order valence-corrected chi connectivity index (χ4v) is 3.48. The Bertz CT molecular complexity index is 833. The van der Waals surface area contributed by atoms with Crippen LogP contribution in [0.25, 0.3) is 10.9 Å². The van der Waals surface area contributed by atoms with Crippen LogP contribution in [0, 0.1) is 0 Å². The summed E-state index contributed by atoms with van der Waals surface area (Å²) in [6.07, 6.45) is 4.38. The molecule has 7 nitrogen and oxygen atoms in total. The van der Waals surface area contributed by atoms with Crippen molar-refractivity contribution in [3.05, 3.63) is 40.1 Å². The molecule has 1 aliphatic rings. The van der Waals surface area contributed by atoms with E-state index in [1.54, 1.807) is 17.5 Å². The number of aromatic amines is 1. The highest BCUT2D eigenvalue weighted by Crippen LogP contribution is 2.23.